The minimum absolute atomic E-state index is 0.174. The van der Waals surface area contributed by atoms with Crippen LogP contribution in [0.4, 0.5) is 0 Å². The van der Waals surface area contributed by atoms with E-state index in [4.69, 9.17) is 0 Å². The van der Waals surface area contributed by atoms with Crippen LogP contribution in [-0.2, 0) is 0 Å². The highest BCUT2D eigenvalue weighted by atomic mass is 16.1. The first-order valence-electron chi connectivity index (χ1n) is 6.26. The summed E-state index contributed by atoms with van der Waals surface area (Å²) >= 11 is 0. The number of aromatic nitrogens is 3. The maximum absolute atomic E-state index is 11.6. The van der Waals surface area contributed by atoms with E-state index in [1.807, 2.05) is 6.07 Å². The zero-order valence-electron chi connectivity index (χ0n) is 10.4. The van der Waals surface area contributed by atoms with Gasteiger partial charge in [0.15, 0.2) is 0 Å². The predicted octanol–water partition coefficient (Wildman–Crippen LogP) is 1.13. The second-order valence-corrected chi connectivity index (χ2v) is 5.00. The van der Waals surface area contributed by atoms with E-state index in [0.717, 1.165) is 24.2 Å². The van der Waals surface area contributed by atoms with E-state index in [-0.39, 0.29) is 5.56 Å². The summed E-state index contributed by atoms with van der Waals surface area (Å²) < 4.78 is 0. The summed E-state index contributed by atoms with van der Waals surface area (Å²) in [5.41, 5.74) is 0.897. The van der Waals surface area contributed by atoms with Crippen LogP contribution in [0, 0.1) is 0 Å². The van der Waals surface area contributed by atoms with Crippen LogP contribution in [0.15, 0.2) is 23.3 Å². The molecule has 1 N–H and O–H groups in total. The highest BCUT2D eigenvalue weighted by molar-refractivity contribution is 5.79. The van der Waals surface area contributed by atoms with Gasteiger partial charge in [0.05, 0.1) is 11.6 Å². The van der Waals surface area contributed by atoms with Crippen molar-refractivity contribution in [3.8, 4) is 0 Å². The van der Waals surface area contributed by atoms with Gasteiger partial charge in [0.25, 0.3) is 5.56 Å². The number of piperidine rings is 1. The minimum atomic E-state index is -0.174. The average Bonchev–Trinajstić information content (AvgIpc) is 2.39. The molecule has 0 radical (unpaired) electrons. The van der Waals surface area contributed by atoms with E-state index in [2.05, 4.69) is 27.1 Å². The molecule has 2 aromatic rings. The third-order valence-corrected chi connectivity index (χ3v) is 3.61. The zero-order chi connectivity index (χ0) is 12.5. The molecule has 1 saturated heterocycles. The lowest BCUT2D eigenvalue weighted by Crippen LogP contribution is -2.31. The summed E-state index contributed by atoms with van der Waals surface area (Å²) in [6.07, 6.45) is 5.72. The summed E-state index contributed by atoms with van der Waals surface area (Å²) in [7, 11) is 2.14. The molecule has 0 aliphatic carbocycles. The molecule has 3 heterocycles. The number of likely N-dealkylation sites (tertiary alicyclic amines) is 1. The summed E-state index contributed by atoms with van der Waals surface area (Å²) in [5.74, 6) is 0.465. The Labute approximate surface area is 105 Å². The summed E-state index contributed by atoms with van der Waals surface area (Å²) in [4.78, 5) is 18.3. The van der Waals surface area contributed by atoms with Crippen molar-refractivity contribution in [3.05, 3.63) is 34.5 Å². The number of pyridine rings is 1. The molecule has 0 spiro atoms. The molecule has 1 fully saturated rings. The van der Waals surface area contributed by atoms with Gasteiger partial charge in [-0.25, -0.2) is 5.10 Å². The van der Waals surface area contributed by atoms with Crippen LogP contribution in [0.3, 0.4) is 0 Å². The summed E-state index contributed by atoms with van der Waals surface area (Å²) in [5, 5.41) is 7.75. The Morgan fingerprint density at radius 2 is 2.33 bits per heavy atom. The topological polar surface area (TPSA) is 61.9 Å². The first kappa shape index (κ1) is 11.3. The molecule has 3 rings (SSSR count). The van der Waals surface area contributed by atoms with Gasteiger partial charge in [0, 0.05) is 29.7 Å². The first-order valence-corrected chi connectivity index (χ1v) is 6.26. The highest BCUT2D eigenvalue weighted by Gasteiger charge is 2.20. The Hall–Kier alpha value is -1.75. The molecule has 94 valence electrons. The molecule has 0 unspecified atom stereocenters. The second-order valence-electron chi connectivity index (χ2n) is 5.00. The maximum atomic E-state index is 11.6. The van der Waals surface area contributed by atoms with Gasteiger partial charge in [-0.05, 0) is 32.5 Å². The van der Waals surface area contributed by atoms with E-state index in [1.54, 1.807) is 12.4 Å². The molecule has 0 amide bonds. The largest absolute Gasteiger partial charge is 0.306 e. The van der Waals surface area contributed by atoms with Gasteiger partial charge < -0.3 is 4.90 Å². The summed E-state index contributed by atoms with van der Waals surface area (Å²) in [6.45, 7) is 2.19. The Morgan fingerprint density at radius 3 is 3.17 bits per heavy atom. The smallest absolute Gasteiger partial charge is 0.273 e. The lowest BCUT2D eigenvalue weighted by molar-refractivity contribution is 0.248. The Bertz CT molecular complexity index is 622. The van der Waals surface area contributed by atoms with E-state index in [0.29, 0.717) is 11.3 Å². The number of hydrogen-bond donors (Lipinski definition) is 1. The van der Waals surface area contributed by atoms with Gasteiger partial charge in [-0.3, -0.25) is 9.78 Å². The Balaban J connectivity index is 2.00. The number of aromatic amines is 1. The molecular formula is C13H16N4O. The van der Waals surface area contributed by atoms with Gasteiger partial charge in [-0.2, -0.15) is 5.10 Å². The number of nitrogens with one attached hydrogen (secondary N) is 1. The molecule has 2 aromatic heterocycles. The van der Waals surface area contributed by atoms with Gasteiger partial charge in [-0.15, -0.1) is 0 Å². The fraction of sp³-hybridized carbons (Fsp3) is 0.462. The second kappa shape index (κ2) is 4.49. The predicted molar refractivity (Wildman–Crippen MR) is 69.6 cm³/mol. The van der Waals surface area contributed by atoms with Crippen LogP contribution in [0.2, 0.25) is 0 Å². The SMILES string of the molecule is CN1CCC[C@H](c2cc3cn[nH]c(=O)c3cn2)C1. The van der Waals surface area contributed by atoms with Crippen molar-refractivity contribution in [3.63, 3.8) is 0 Å². The molecule has 0 aromatic carbocycles. The molecule has 5 nitrogen and oxygen atoms in total. The van der Waals surface area contributed by atoms with Crippen LogP contribution in [-0.4, -0.2) is 40.2 Å². The molecule has 18 heavy (non-hydrogen) atoms. The van der Waals surface area contributed by atoms with E-state index >= 15 is 0 Å². The monoisotopic (exact) mass is 244 g/mol. The van der Waals surface area contributed by atoms with Crippen LogP contribution in [0.1, 0.15) is 24.5 Å². The van der Waals surface area contributed by atoms with Gasteiger partial charge >= 0.3 is 0 Å². The Morgan fingerprint density at radius 1 is 1.44 bits per heavy atom. The molecule has 5 heteroatoms. The van der Waals surface area contributed by atoms with Crippen molar-refractivity contribution >= 4 is 10.8 Å². The highest BCUT2D eigenvalue weighted by Crippen LogP contribution is 2.25. The third kappa shape index (κ3) is 2.01. The third-order valence-electron chi connectivity index (χ3n) is 3.61. The van der Waals surface area contributed by atoms with Crippen molar-refractivity contribution in [2.24, 2.45) is 0 Å². The van der Waals surface area contributed by atoms with Crippen molar-refractivity contribution in [1.29, 1.82) is 0 Å². The fourth-order valence-corrected chi connectivity index (χ4v) is 2.64. The van der Waals surface area contributed by atoms with Crippen molar-refractivity contribution in [1.82, 2.24) is 20.1 Å². The number of hydrogen-bond acceptors (Lipinski definition) is 4. The minimum Gasteiger partial charge on any atom is -0.306 e. The fourth-order valence-electron chi connectivity index (χ4n) is 2.64. The number of likely N-dealkylation sites (N-methyl/N-ethyl adjacent to an activating group) is 1. The molecule has 1 aliphatic heterocycles. The quantitative estimate of drug-likeness (QED) is 0.816. The maximum Gasteiger partial charge on any atom is 0.273 e. The molecule has 1 atom stereocenters. The van der Waals surface area contributed by atoms with Gasteiger partial charge in [0.1, 0.15) is 0 Å². The number of rotatable bonds is 1. The lowest BCUT2D eigenvalue weighted by atomic mass is 9.94. The van der Waals surface area contributed by atoms with Gasteiger partial charge in [-0.1, -0.05) is 0 Å². The standard InChI is InChI=1S/C13H16N4O/c1-17-4-2-3-9(8-17)12-5-10-6-15-16-13(18)11(10)7-14-12/h5-7,9H,2-4,8H2,1H3,(H,16,18)/t9-/m0/s1. The van der Waals surface area contributed by atoms with E-state index in [9.17, 15) is 4.79 Å². The average molecular weight is 244 g/mol. The number of fused-ring (bicyclic) bond motifs is 1. The lowest BCUT2D eigenvalue weighted by Gasteiger charge is -2.29. The van der Waals surface area contributed by atoms with Crippen LogP contribution in [0.25, 0.3) is 10.8 Å². The molecule has 0 bridgehead atoms. The van der Waals surface area contributed by atoms with Crippen LogP contribution < -0.4 is 5.56 Å². The van der Waals surface area contributed by atoms with Crippen LogP contribution in [0.5, 0.6) is 0 Å². The normalized spacial score (nSPS) is 21.3. The van der Waals surface area contributed by atoms with E-state index in [1.165, 1.54) is 12.8 Å². The first-order chi connectivity index (χ1) is 8.74. The summed E-state index contributed by atoms with van der Waals surface area (Å²) in [6, 6.07) is 2.00. The molecular weight excluding hydrogens is 228 g/mol. The Kier molecular flexibility index (Phi) is 2.83. The zero-order valence-corrected chi connectivity index (χ0v) is 10.4. The number of nitrogens with zero attached hydrogens (tertiary/aromatic N) is 3. The van der Waals surface area contributed by atoms with Crippen molar-refractivity contribution in [2.75, 3.05) is 20.1 Å². The molecule has 0 saturated carbocycles. The number of H-pyrrole nitrogens is 1. The van der Waals surface area contributed by atoms with Gasteiger partial charge in [0.2, 0.25) is 0 Å². The molecule has 1 aliphatic rings. The van der Waals surface area contributed by atoms with Crippen LogP contribution >= 0.6 is 0 Å². The van der Waals surface area contributed by atoms with Crippen molar-refractivity contribution < 1.29 is 0 Å². The van der Waals surface area contributed by atoms with E-state index < -0.39 is 0 Å². The van der Waals surface area contributed by atoms with Crippen molar-refractivity contribution in [2.45, 2.75) is 18.8 Å².